The van der Waals surface area contributed by atoms with Crippen molar-refractivity contribution in [1.82, 2.24) is 14.5 Å². The predicted molar refractivity (Wildman–Crippen MR) is 88.8 cm³/mol. The van der Waals surface area contributed by atoms with Gasteiger partial charge in [0.15, 0.2) is 0 Å². The van der Waals surface area contributed by atoms with Crippen LogP contribution in [-0.2, 0) is 12.0 Å². The molecule has 0 N–H and O–H groups in total. The fourth-order valence-electron chi connectivity index (χ4n) is 3.24. The van der Waals surface area contributed by atoms with Gasteiger partial charge in [-0.2, -0.15) is 0 Å². The number of benzene rings is 1. The lowest BCUT2D eigenvalue weighted by molar-refractivity contribution is 0.323. The van der Waals surface area contributed by atoms with Crippen LogP contribution in [0.1, 0.15) is 45.0 Å². The third kappa shape index (κ3) is 2.98. The fourth-order valence-corrected chi connectivity index (χ4v) is 3.24. The number of imidazole rings is 1. The molecule has 3 heteroatoms. The molecule has 114 valence electrons. The molecule has 0 unspecified atom stereocenters. The third-order valence-electron chi connectivity index (χ3n) is 4.64. The minimum atomic E-state index is 0.187. The molecule has 1 aliphatic rings. The summed E-state index contributed by atoms with van der Waals surface area (Å²) in [5.41, 5.74) is 3.99. The van der Waals surface area contributed by atoms with Crippen LogP contribution in [0.2, 0.25) is 0 Å². The van der Waals surface area contributed by atoms with Gasteiger partial charge in [-0.1, -0.05) is 26.8 Å². The lowest BCUT2D eigenvalue weighted by atomic mass is 9.87. The topological polar surface area (TPSA) is 21.1 Å². The molecular weight excluding hydrogens is 258 g/mol. The number of nitrogens with zero attached hydrogens (tertiary/aromatic N) is 3. The van der Waals surface area contributed by atoms with Crippen molar-refractivity contribution in [2.75, 3.05) is 19.6 Å². The Bertz CT molecular complexity index is 628. The highest BCUT2D eigenvalue weighted by atomic mass is 15.2. The Morgan fingerprint density at radius 1 is 1.10 bits per heavy atom. The largest absolute Gasteiger partial charge is 0.327 e. The van der Waals surface area contributed by atoms with Crippen molar-refractivity contribution in [1.29, 1.82) is 0 Å². The number of rotatable bonds is 3. The van der Waals surface area contributed by atoms with Crippen LogP contribution in [-0.4, -0.2) is 34.1 Å². The second-order valence-electron chi connectivity index (χ2n) is 7.31. The summed E-state index contributed by atoms with van der Waals surface area (Å²) in [4.78, 5) is 7.29. The second kappa shape index (κ2) is 5.45. The van der Waals surface area contributed by atoms with E-state index in [0.29, 0.717) is 0 Å². The lowest BCUT2D eigenvalue weighted by Crippen LogP contribution is -2.24. The van der Waals surface area contributed by atoms with Crippen LogP contribution < -0.4 is 0 Å². The molecule has 0 atom stereocenters. The van der Waals surface area contributed by atoms with Crippen LogP contribution in [0.3, 0.4) is 0 Å². The summed E-state index contributed by atoms with van der Waals surface area (Å²) >= 11 is 0. The van der Waals surface area contributed by atoms with Gasteiger partial charge >= 0.3 is 0 Å². The molecule has 0 spiro atoms. The Morgan fingerprint density at radius 3 is 2.48 bits per heavy atom. The maximum Gasteiger partial charge on any atom is 0.106 e. The Morgan fingerprint density at radius 2 is 1.81 bits per heavy atom. The summed E-state index contributed by atoms with van der Waals surface area (Å²) < 4.78 is 2.39. The monoisotopic (exact) mass is 285 g/mol. The van der Waals surface area contributed by atoms with E-state index in [-0.39, 0.29) is 5.41 Å². The Hall–Kier alpha value is -1.35. The fraction of sp³-hybridized carbons (Fsp3) is 0.611. The van der Waals surface area contributed by atoms with Gasteiger partial charge in [-0.05, 0) is 56.0 Å². The highest BCUT2D eigenvalue weighted by molar-refractivity contribution is 5.77. The van der Waals surface area contributed by atoms with Gasteiger partial charge < -0.3 is 9.47 Å². The molecule has 1 saturated heterocycles. The first-order chi connectivity index (χ1) is 9.95. The van der Waals surface area contributed by atoms with Crippen molar-refractivity contribution in [3.8, 4) is 0 Å². The quantitative estimate of drug-likeness (QED) is 0.856. The molecule has 0 aliphatic carbocycles. The van der Waals surface area contributed by atoms with Crippen molar-refractivity contribution in [2.45, 2.75) is 52.5 Å². The van der Waals surface area contributed by atoms with Crippen molar-refractivity contribution in [3.05, 3.63) is 29.6 Å². The maximum absolute atomic E-state index is 4.73. The van der Waals surface area contributed by atoms with Crippen LogP contribution in [0, 0.1) is 6.92 Å². The molecule has 3 rings (SSSR count). The number of aryl methyl sites for hydroxylation is 1. The van der Waals surface area contributed by atoms with E-state index in [1.165, 1.54) is 37.0 Å². The van der Waals surface area contributed by atoms with Gasteiger partial charge in [0.2, 0.25) is 0 Å². The van der Waals surface area contributed by atoms with Gasteiger partial charge in [0.05, 0.1) is 11.0 Å². The molecule has 21 heavy (non-hydrogen) atoms. The zero-order chi connectivity index (χ0) is 15.0. The van der Waals surface area contributed by atoms with E-state index < -0.39 is 0 Å². The van der Waals surface area contributed by atoms with Crippen LogP contribution >= 0.6 is 0 Å². The minimum absolute atomic E-state index is 0.187. The average molecular weight is 285 g/mol. The van der Waals surface area contributed by atoms with E-state index in [1.807, 2.05) is 0 Å². The summed E-state index contributed by atoms with van der Waals surface area (Å²) in [5, 5.41) is 0. The molecule has 1 fully saturated rings. The summed E-state index contributed by atoms with van der Waals surface area (Å²) in [5.74, 6) is 1.13. The van der Waals surface area contributed by atoms with Crippen LogP contribution in [0.4, 0.5) is 0 Å². The van der Waals surface area contributed by atoms with Crippen molar-refractivity contribution in [2.24, 2.45) is 0 Å². The second-order valence-corrected chi connectivity index (χ2v) is 7.31. The highest BCUT2D eigenvalue weighted by Gasteiger charge is 2.17. The smallest absolute Gasteiger partial charge is 0.106 e. The predicted octanol–water partition coefficient (Wildman–Crippen LogP) is 3.74. The first-order valence-electron chi connectivity index (χ1n) is 8.15. The maximum atomic E-state index is 4.73. The molecule has 1 aromatic carbocycles. The summed E-state index contributed by atoms with van der Waals surface area (Å²) in [6.07, 6.45) is 2.72. The van der Waals surface area contributed by atoms with Gasteiger partial charge in [-0.3, -0.25) is 0 Å². The van der Waals surface area contributed by atoms with Crippen molar-refractivity contribution >= 4 is 11.0 Å². The van der Waals surface area contributed by atoms with Gasteiger partial charge in [0, 0.05) is 13.1 Å². The van der Waals surface area contributed by atoms with Gasteiger partial charge in [-0.25, -0.2) is 4.98 Å². The Labute approximate surface area is 128 Å². The van der Waals surface area contributed by atoms with Crippen molar-refractivity contribution in [3.63, 3.8) is 0 Å². The number of hydrogen-bond acceptors (Lipinski definition) is 2. The minimum Gasteiger partial charge on any atom is -0.327 e. The molecular formula is C18H27N3. The number of likely N-dealkylation sites (tertiary alicyclic amines) is 1. The van der Waals surface area contributed by atoms with E-state index >= 15 is 0 Å². The van der Waals surface area contributed by atoms with E-state index in [4.69, 9.17) is 4.98 Å². The number of aromatic nitrogens is 2. The number of hydrogen-bond donors (Lipinski definition) is 0. The first-order valence-corrected chi connectivity index (χ1v) is 8.15. The molecule has 0 bridgehead atoms. The van der Waals surface area contributed by atoms with Gasteiger partial charge in [-0.15, -0.1) is 0 Å². The van der Waals surface area contributed by atoms with Crippen LogP contribution in [0.15, 0.2) is 18.2 Å². The standard InChI is InChI=1S/C18H27N3/c1-14-19-16-8-7-15(18(2,3)4)13-17(16)21(14)12-11-20-9-5-6-10-20/h7-8,13H,5-6,9-12H2,1-4H3. The SMILES string of the molecule is Cc1nc2ccc(C(C)(C)C)cc2n1CCN1CCCC1. The normalized spacial score (nSPS) is 17.0. The van der Waals surface area contributed by atoms with E-state index in [9.17, 15) is 0 Å². The van der Waals surface area contributed by atoms with Crippen LogP contribution in [0.5, 0.6) is 0 Å². The zero-order valence-electron chi connectivity index (χ0n) is 13.8. The Balaban J connectivity index is 1.90. The lowest BCUT2D eigenvalue weighted by Gasteiger charge is -2.20. The van der Waals surface area contributed by atoms with Crippen LogP contribution in [0.25, 0.3) is 11.0 Å². The molecule has 3 nitrogen and oxygen atoms in total. The zero-order valence-corrected chi connectivity index (χ0v) is 13.8. The molecule has 0 amide bonds. The summed E-state index contributed by atoms with van der Waals surface area (Å²) in [7, 11) is 0. The van der Waals surface area contributed by atoms with E-state index in [2.05, 4.69) is 55.4 Å². The molecule has 1 aliphatic heterocycles. The van der Waals surface area contributed by atoms with E-state index in [1.54, 1.807) is 0 Å². The molecule has 1 aromatic heterocycles. The first kappa shape index (κ1) is 14.6. The summed E-state index contributed by atoms with van der Waals surface area (Å²) in [6.45, 7) is 13.7. The highest BCUT2D eigenvalue weighted by Crippen LogP contribution is 2.26. The average Bonchev–Trinajstić information content (AvgIpc) is 3.01. The summed E-state index contributed by atoms with van der Waals surface area (Å²) in [6, 6.07) is 6.73. The van der Waals surface area contributed by atoms with E-state index in [0.717, 1.165) is 24.4 Å². The number of fused-ring (bicyclic) bond motifs is 1. The molecule has 0 radical (unpaired) electrons. The Kier molecular flexibility index (Phi) is 3.78. The van der Waals surface area contributed by atoms with Gasteiger partial charge in [0.25, 0.3) is 0 Å². The molecule has 2 aromatic rings. The third-order valence-corrected chi connectivity index (χ3v) is 4.64. The molecule has 0 saturated carbocycles. The molecule has 2 heterocycles. The van der Waals surface area contributed by atoms with Crippen molar-refractivity contribution < 1.29 is 0 Å². The van der Waals surface area contributed by atoms with Gasteiger partial charge in [0.1, 0.15) is 5.82 Å².